The number of ether oxygens (including phenoxy) is 1. The number of amides is 2. The average Bonchev–Trinajstić information content (AvgIpc) is 3.78. The van der Waals surface area contributed by atoms with Crippen LogP contribution in [-0.4, -0.2) is 78.1 Å². The Morgan fingerprint density at radius 2 is 1.90 bits per heavy atom. The van der Waals surface area contributed by atoms with E-state index in [1.54, 1.807) is 18.2 Å². The van der Waals surface area contributed by atoms with Crippen LogP contribution in [0.15, 0.2) is 60.1 Å². The van der Waals surface area contributed by atoms with Crippen LogP contribution < -0.4 is 5.73 Å². The van der Waals surface area contributed by atoms with Crippen molar-refractivity contribution in [2.75, 3.05) is 19.7 Å². The number of aromatic nitrogens is 5. The Labute approximate surface area is 289 Å². The number of hydrogen-bond donors (Lipinski definition) is 2. The lowest BCUT2D eigenvalue weighted by molar-refractivity contribution is -0.135. The summed E-state index contributed by atoms with van der Waals surface area (Å²) in [4.78, 5) is 38.9. The van der Waals surface area contributed by atoms with Gasteiger partial charge in [0.1, 0.15) is 24.4 Å². The first-order chi connectivity index (χ1) is 23.5. The molecule has 2 amide bonds. The molecule has 0 radical (unpaired) electrons. The first kappa shape index (κ1) is 34.9. The molecule has 50 heavy (non-hydrogen) atoms. The maximum atomic E-state index is 16.2. The Morgan fingerprint density at radius 1 is 1.16 bits per heavy atom. The van der Waals surface area contributed by atoms with Crippen LogP contribution in [0.25, 0.3) is 22.5 Å². The van der Waals surface area contributed by atoms with Gasteiger partial charge in [0.25, 0.3) is 5.91 Å². The molecule has 2 atom stereocenters. The summed E-state index contributed by atoms with van der Waals surface area (Å²) in [5.74, 6) is -1.46. The third kappa shape index (κ3) is 6.63. The molecule has 4 heterocycles. The smallest absolute Gasteiger partial charge is 0.410 e. The number of aliphatic imine (C=N–C) groups is 1. The number of rotatable bonds is 9. The van der Waals surface area contributed by atoms with Crippen LogP contribution in [0.4, 0.5) is 22.4 Å². The Kier molecular flexibility index (Phi) is 8.87. The normalized spacial score (nSPS) is 19.5. The molecule has 0 aliphatic carbocycles. The van der Waals surface area contributed by atoms with Crippen molar-refractivity contribution in [3.8, 4) is 22.5 Å². The summed E-state index contributed by atoms with van der Waals surface area (Å²) in [6.07, 6.45) is 2.78. The van der Waals surface area contributed by atoms with Gasteiger partial charge in [-0.05, 0) is 48.1 Å². The van der Waals surface area contributed by atoms with Crippen molar-refractivity contribution in [2.45, 2.75) is 57.9 Å². The molecule has 1 fully saturated rings. The van der Waals surface area contributed by atoms with Crippen molar-refractivity contribution in [3.05, 3.63) is 77.1 Å². The number of aromatic amines is 1. The lowest BCUT2D eigenvalue weighted by Gasteiger charge is -2.41. The number of benzene rings is 2. The Balaban J connectivity index is 1.41. The van der Waals surface area contributed by atoms with E-state index in [0.717, 1.165) is 17.2 Å². The van der Waals surface area contributed by atoms with Gasteiger partial charge in [0.15, 0.2) is 17.3 Å². The van der Waals surface area contributed by atoms with E-state index in [0.29, 0.717) is 26.7 Å². The number of carbonyl (C=O) groups is 2. The van der Waals surface area contributed by atoms with Gasteiger partial charge in [0.2, 0.25) is 0 Å². The molecule has 12 nitrogen and oxygen atoms in total. The van der Waals surface area contributed by atoms with Gasteiger partial charge in [-0.3, -0.25) is 14.8 Å². The number of hydrogen-bond acceptors (Lipinski definition) is 8. The molecule has 0 bridgehead atoms. The third-order valence-corrected chi connectivity index (χ3v) is 8.81. The van der Waals surface area contributed by atoms with Gasteiger partial charge >= 0.3 is 12.6 Å². The quantitative estimate of drug-likeness (QED) is 0.195. The van der Waals surface area contributed by atoms with E-state index in [4.69, 9.17) is 22.1 Å². The van der Waals surface area contributed by atoms with Gasteiger partial charge in [-0.2, -0.15) is 19.0 Å². The minimum atomic E-state index is -2.88. The zero-order chi connectivity index (χ0) is 36.2. The zero-order valence-corrected chi connectivity index (χ0v) is 28.3. The minimum absolute atomic E-state index is 0.00884. The number of halogens is 5. The summed E-state index contributed by atoms with van der Waals surface area (Å²) in [5.41, 5.74) is 3.77. The molecule has 264 valence electrons. The highest BCUT2D eigenvalue weighted by atomic mass is 35.5. The highest BCUT2D eigenvalue weighted by Crippen LogP contribution is 2.46. The predicted molar refractivity (Wildman–Crippen MR) is 175 cm³/mol. The van der Waals surface area contributed by atoms with Gasteiger partial charge in [-0.25, -0.2) is 28.2 Å². The molecule has 0 spiro atoms. The van der Waals surface area contributed by atoms with E-state index in [1.807, 2.05) is 20.8 Å². The van der Waals surface area contributed by atoms with E-state index in [1.165, 1.54) is 36.5 Å². The molecular formula is C33H34ClF4N9O3. The van der Waals surface area contributed by atoms with Crippen LogP contribution in [0, 0.1) is 11.2 Å². The minimum Gasteiger partial charge on any atom is -0.447 e. The van der Waals surface area contributed by atoms with Crippen molar-refractivity contribution < 1.29 is 31.9 Å². The van der Waals surface area contributed by atoms with Crippen LogP contribution >= 0.6 is 11.6 Å². The SMILES string of the molecule is CC(C)(C)C[C@]1(c2ccc(-c3cnn(C(F)F)c3)cc2F)N=C(N)N([C@H](COC(=O)N2CC(C)(F)C2)c2ccc(Cl)c(-c3ncn[nH]3)c2)C1=O. The van der Waals surface area contributed by atoms with E-state index in [9.17, 15) is 22.8 Å². The second-order valence-electron chi connectivity index (χ2n) is 13.9. The molecule has 4 aromatic rings. The summed E-state index contributed by atoms with van der Waals surface area (Å²) in [7, 11) is 0. The van der Waals surface area contributed by atoms with Crippen LogP contribution in [0.2, 0.25) is 5.02 Å². The monoisotopic (exact) mass is 715 g/mol. The van der Waals surface area contributed by atoms with Crippen molar-refractivity contribution in [1.29, 1.82) is 0 Å². The van der Waals surface area contributed by atoms with Gasteiger partial charge in [-0.1, -0.05) is 50.6 Å². The molecule has 17 heteroatoms. The van der Waals surface area contributed by atoms with Crippen molar-refractivity contribution in [3.63, 3.8) is 0 Å². The summed E-state index contributed by atoms with van der Waals surface area (Å²) >= 11 is 6.49. The van der Waals surface area contributed by atoms with E-state index >= 15 is 4.39 Å². The molecule has 3 N–H and O–H groups in total. The summed E-state index contributed by atoms with van der Waals surface area (Å²) in [5, 5.41) is 10.5. The van der Waals surface area contributed by atoms with E-state index < -0.39 is 53.6 Å². The predicted octanol–water partition coefficient (Wildman–Crippen LogP) is 6.23. The zero-order valence-electron chi connectivity index (χ0n) is 27.5. The maximum absolute atomic E-state index is 16.2. The molecule has 2 aromatic heterocycles. The molecule has 0 unspecified atom stereocenters. The van der Waals surface area contributed by atoms with Crippen molar-refractivity contribution in [2.24, 2.45) is 16.1 Å². The van der Waals surface area contributed by atoms with Crippen LogP contribution in [0.3, 0.4) is 0 Å². The molecule has 2 aliphatic heterocycles. The highest BCUT2D eigenvalue weighted by Gasteiger charge is 2.54. The maximum Gasteiger partial charge on any atom is 0.410 e. The van der Waals surface area contributed by atoms with Gasteiger partial charge < -0.3 is 15.4 Å². The van der Waals surface area contributed by atoms with E-state index in [2.05, 4.69) is 25.3 Å². The number of H-pyrrole nitrogens is 1. The van der Waals surface area contributed by atoms with Gasteiger partial charge in [-0.15, -0.1) is 0 Å². The van der Waals surface area contributed by atoms with Gasteiger partial charge in [0, 0.05) is 22.9 Å². The summed E-state index contributed by atoms with van der Waals surface area (Å²) < 4.78 is 62.8. The number of nitrogens with one attached hydrogen (secondary N) is 1. The van der Waals surface area contributed by atoms with Crippen LogP contribution in [-0.2, 0) is 15.1 Å². The molecule has 0 saturated carbocycles. The first-order valence-corrected chi connectivity index (χ1v) is 15.9. The Morgan fingerprint density at radius 3 is 2.50 bits per heavy atom. The lowest BCUT2D eigenvalue weighted by Crippen LogP contribution is -2.59. The summed E-state index contributed by atoms with van der Waals surface area (Å²) in [6, 6.07) is 7.71. The topological polar surface area (TPSA) is 148 Å². The Hall–Kier alpha value is -4.99. The second kappa shape index (κ2) is 12.7. The third-order valence-electron chi connectivity index (χ3n) is 8.48. The van der Waals surface area contributed by atoms with Crippen molar-refractivity contribution in [1.82, 2.24) is 34.8 Å². The van der Waals surface area contributed by atoms with E-state index in [-0.39, 0.29) is 42.2 Å². The largest absolute Gasteiger partial charge is 0.447 e. The standard InChI is InChI=1S/C33H34ClF4N9O3/c1-31(2,3)14-33(22-7-5-18(10-24(22)35)20-11-42-46(12-20)28(36)37)27(48)47(29(39)43-33)25(13-50-30(49)45-15-32(4,38)16-45)19-6-8-23(34)21(9-19)26-40-17-41-44-26/h5-12,17,25,28H,13-16H2,1-4H3,(H2,39,43)(H,40,41,44)/t25-,33-/m1/s1. The number of carbonyl (C=O) groups excluding carboxylic acids is 2. The first-order valence-electron chi connectivity index (χ1n) is 15.6. The lowest BCUT2D eigenvalue weighted by atomic mass is 9.75. The fraction of sp³-hybridized carbons (Fsp3) is 0.394. The molecule has 6 rings (SSSR count). The summed E-state index contributed by atoms with van der Waals surface area (Å²) in [6.45, 7) is 3.31. The number of nitrogens with two attached hydrogens (primary N) is 1. The van der Waals surface area contributed by atoms with Crippen molar-refractivity contribution >= 4 is 29.6 Å². The fourth-order valence-electron chi connectivity index (χ4n) is 6.39. The second-order valence-corrected chi connectivity index (χ2v) is 14.3. The molecule has 2 aromatic carbocycles. The molecular weight excluding hydrogens is 682 g/mol. The number of nitrogens with zero attached hydrogens (tertiary/aromatic N) is 7. The molecule has 1 saturated heterocycles. The average molecular weight is 716 g/mol. The fourth-order valence-corrected chi connectivity index (χ4v) is 6.59. The highest BCUT2D eigenvalue weighted by molar-refractivity contribution is 6.33. The number of likely N-dealkylation sites (tertiary alicyclic amines) is 1. The number of alkyl halides is 3. The Bertz CT molecular complexity index is 1950. The number of guanidine groups is 1. The molecule has 2 aliphatic rings. The van der Waals surface area contributed by atoms with Crippen LogP contribution in [0.5, 0.6) is 0 Å². The van der Waals surface area contributed by atoms with Gasteiger partial charge in [0.05, 0.1) is 30.4 Å². The van der Waals surface area contributed by atoms with Crippen LogP contribution in [0.1, 0.15) is 57.8 Å².